The van der Waals surface area contributed by atoms with Gasteiger partial charge in [0.25, 0.3) is 0 Å². The Morgan fingerprint density at radius 3 is 2.43 bits per heavy atom. The molecule has 5 nitrogen and oxygen atoms in total. The molecule has 0 radical (unpaired) electrons. The van der Waals surface area contributed by atoms with E-state index < -0.39 is 0 Å². The Hall–Kier alpha value is -2.18. The highest BCUT2D eigenvalue weighted by Gasteiger charge is 2.18. The van der Waals surface area contributed by atoms with E-state index in [-0.39, 0.29) is 6.04 Å². The number of nitrogens with zero attached hydrogens (tertiary/aromatic N) is 4. The van der Waals surface area contributed by atoms with Gasteiger partial charge >= 0.3 is 0 Å². The fourth-order valence-electron chi connectivity index (χ4n) is 2.00. The average Bonchev–Trinajstić information content (AvgIpc) is 3.01. The van der Waals surface area contributed by atoms with E-state index in [4.69, 9.17) is 4.98 Å². The maximum atomic E-state index is 4.79. The van der Waals surface area contributed by atoms with Gasteiger partial charge in [-0.3, -0.25) is 4.98 Å². The van der Waals surface area contributed by atoms with Crippen molar-refractivity contribution in [2.45, 2.75) is 13.0 Å². The van der Waals surface area contributed by atoms with Crippen LogP contribution in [-0.4, -0.2) is 27.0 Å². The van der Waals surface area contributed by atoms with Gasteiger partial charge in [-0.1, -0.05) is 0 Å². The smallest absolute Gasteiger partial charge is 0.124 e. The first-order valence-corrected chi connectivity index (χ1v) is 7.45. The maximum Gasteiger partial charge on any atom is 0.124 e. The molecular formula is C15H15N5S. The van der Waals surface area contributed by atoms with Crippen LogP contribution in [0.2, 0.25) is 0 Å². The summed E-state index contributed by atoms with van der Waals surface area (Å²) in [7, 11) is 1.95. The highest BCUT2D eigenvalue weighted by Crippen LogP contribution is 2.36. The lowest BCUT2D eigenvalue weighted by molar-refractivity contribution is 0.664. The molecule has 0 bridgehead atoms. The van der Waals surface area contributed by atoms with Crippen molar-refractivity contribution < 1.29 is 0 Å². The van der Waals surface area contributed by atoms with Crippen molar-refractivity contribution in [1.29, 1.82) is 0 Å². The summed E-state index contributed by atoms with van der Waals surface area (Å²) >= 11 is 1.68. The van der Waals surface area contributed by atoms with Crippen molar-refractivity contribution in [3.05, 3.63) is 48.1 Å². The molecule has 3 heterocycles. The Labute approximate surface area is 127 Å². The molecule has 1 unspecified atom stereocenters. The van der Waals surface area contributed by atoms with Gasteiger partial charge in [0, 0.05) is 46.8 Å². The highest BCUT2D eigenvalue weighted by atomic mass is 32.1. The third-order valence-electron chi connectivity index (χ3n) is 3.24. The zero-order chi connectivity index (χ0) is 14.7. The molecule has 0 saturated carbocycles. The minimum atomic E-state index is 0.216. The zero-order valence-electron chi connectivity index (χ0n) is 11.8. The summed E-state index contributed by atoms with van der Waals surface area (Å²) < 4.78 is 0. The Morgan fingerprint density at radius 2 is 1.76 bits per heavy atom. The predicted molar refractivity (Wildman–Crippen MR) is 83.8 cm³/mol. The number of nitrogens with one attached hydrogen (secondary N) is 1. The predicted octanol–water partition coefficient (Wildman–Crippen LogP) is 2.94. The fourth-order valence-corrected chi connectivity index (χ4v) is 3.16. The van der Waals surface area contributed by atoms with Gasteiger partial charge in [-0.15, -0.1) is 11.3 Å². The molecule has 0 fully saturated rings. The van der Waals surface area contributed by atoms with Crippen LogP contribution in [0.5, 0.6) is 0 Å². The van der Waals surface area contributed by atoms with Gasteiger partial charge in [0.15, 0.2) is 0 Å². The van der Waals surface area contributed by atoms with Gasteiger partial charge in [0.2, 0.25) is 0 Å². The molecule has 1 atom stereocenters. The molecule has 106 valence electrons. The number of rotatable bonds is 4. The largest absolute Gasteiger partial charge is 0.312 e. The van der Waals surface area contributed by atoms with Crippen LogP contribution in [0.3, 0.4) is 0 Å². The molecule has 0 spiro atoms. The minimum Gasteiger partial charge on any atom is -0.312 e. The van der Waals surface area contributed by atoms with Gasteiger partial charge < -0.3 is 5.32 Å². The summed E-state index contributed by atoms with van der Waals surface area (Å²) in [6.45, 7) is 2.12. The van der Waals surface area contributed by atoms with Crippen LogP contribution in [0.4, 0.5) is 0 Å². The van der Waals surface area contributed by atoms with Crippen LogP contribution in [0.25, 0.3) is 21.8 Å². The SMILES string of the molecule is CNC(C)c1sc(-c2ccncc2)nc1-c1cncnc1. The molecule has 0 aromatic carbocycles. The third kappa shape index (κ3) is 2.81. The van der Waals surface area contributed by atoms with Crippen LogP contribution in [0.1, 0.15) is 17.8 Å². The van der Waals surface area contributed by atoms with Crippen molar-refractivity contribution in [3.8, 4) is 21.8 Å². The molecule has 6 heteroatoms. The molecule has 0 aliphatic carbocycles. The molecule has 3 aromatic heterocycles. The number of aromatic nitrogens is 4. The first kappa shape index (κ1) is 13.8. The van der Waals surface area contributed by atoms with E-state index in [9.17, 15) is 0 Å². The van der Waals surface area contributed by atoms with Crippen molar-refractivity contribution in [2.75, 3.05) is 7.05 Å². The first-order valence-electron chi connectivity index (χ1n) is 6.63. The Kier molecular flexibility index (Phi) is 3.98. The second-order valence-electron chi connectivity index (χ2n) is 4.61. The van der Waals surface area contributed by atoms with E-state index in [0.717, 1.165) is 21.8 Å². The van der Waals surface area contributed by atoms with Gasteiger partial charge in [0.1, 0.15) is 11.3 Å². The van der Waals surface area contributed by atoms with Gasteiger partial charge in [-0.05, 0) is 26.1 Å². The van der Waals surface area contributed by atoms with Gasteiger partial charge in [0.05, 0.1) is 5.69 Å². The van der Waals surface area contributed by atoms with Crippen molar-refractivity contribution in [2.24, 2.45) is 0 Å². The van der Waals surface area contributed by atoms with E-state index in [1.165, 1.54) is 11.2 Å². The van der Waals surface area contributed by atoms with E-state index in [1.54, 1.807) is 36.1 Å². The zero-order valence-corrected chi connectivity index (χ0v) is 12.6. The van der Waals surface area contributed by atoms with Crippen LogP contribution >= 0.6 is 11.3 Å². The third-order valence-corrected chi connectivity index (χ3v) is 4.53. The first-order chi connectivity index (χ1) is 10.3. The van der Waals surface area contributed by atoms with E-state index in [0.29, 0.717) is 0 Å². The second-order valence-corrected chi connectivity index (χ2v) is 5.64. The van der Waals surface area contributed by atoms with E-state index >= 15 is 0 Å². The molecule has 0 saturated heterocycles. The lowest BCUT2D eigenvalue weighted by Gasteiger charge is -2.09. The molecule has 0 aliphatic rings. The monoisotopic (exact) mass is 297 g/mol. The molecule has 21 heavy (non-hydrogen) atoms. The van der Waals surface area contributed by atoms with Crippen LogP contribution in [0, 0.1) is 0 Å². The highest BCUT2D eigenvalue weighted by molar-refractivity contribution is 7.15. The summed E-state index contributed by atoms with van der Waals surface area (Å²) in [6, 6.07) is 4.16. The second kappa shape index (κ2) is 6.07. The van der Waals surface area contributed by atoms with Gasteiger partial charge in [-0.2, -0.15) is 0 Å². The minimum absolute atomic E-state index is 0.216. The van der Waals surface area contributed by atoms with Crippen molar-refractivity contribution in [3.63, 3.8) is 0 Å². The summed E-state index contributed by atoms with van der Waals surface area (Å²) in [4.78, 5) is 18.2. The quantitative estimate of drug-likeness (QED) is 0.802. The van der Waals surface area contributed by atoms with Crippen molar-refractivity contribution in [1.82, 2.24) is 25.3 Å². The normalized spacial score (nSPS) is 12.3. The van der Waals surface area contributed by atoms with Crippen LogP contribution in [-0.2, 0) is 0 Å². The summed E-state index contributed by atoms with van der Waals surface area (Å²) in [5.74, 6) is 0. The molecule has 0 amide bonds. The summed E-state index contributed by atoms with van der Waals surface area (Å²) in [5, 5.41) is 4.25. The topological polar surface area (TPSA) is 63.6 Å². The Morgan fingerprint density at radius 1 is 1.05 bits per heavy atom. The fraction of sp³-hybridized carbons (Fsp3) is 0.200. The summed E-state index contributed by atoms with van der Waals surface area (Å²) in [5.41, 5.74) is 2.95. The Balaban J connectivity index is 2.12. The van der Waals surface area contributed by atoms with Crippen molar-refractivity contribution >= 4 is 11.3 Å². The number of hydrogen-bond acceptors (Lipinski definition) is 6. The molecule has 3 rings (SSSR count). The number of hydrogen-bond donors (Lipinski definition) is 1. The summed E-state index contributed by atoms with van der Waals surface area (Å²) in [6.07, 6.45) is 8.68. The van der Waals surface area contributed by atoms with E-state index in [2.05, 4.69) is 27.2 Å². The number of thiazole rings is 1. The number of pyridine rings is 1. The maximum absolute atomic E-state index is 4.79. The van der Waals surface area contributed by atoms with Crippen LogP contribution in [0.15, 0.2) is 43.2 Å². The molecule has 0 aliphatic heterocycles. The van der Waals surface area contributed by atoms with E-state index in [1.807, 2.05) is 19.2 Å². The molecule has 3 aromatic rings. The standard InChI is InChI=1S/C15H15N5S/c1-10(16-2)14-13(12-7-18-9-19-8-12)20-15(21-14)11-3-5-17-6-4-11/h3-10,16H,1-2H3. The molecular weight excluding hydrogens is 282 g/mol. The lowest BCUT2D eigenvalue weighted by atomic mass is 10.1. The van der Waals surface area contributed by atoms with Gasteiger partial charge in [-0.25, -0.2) is 15.0 Å². The lowest BCUT2D eigenvalue weighted by Crippen LogP contribution is -2.11. The average molecular weight is 297 g/mol. The Bertz CT molecular complexity index is 711. The van der Waals surface area contributed by atoms with Crippen LogP contribution < -0.4 is 5.32 Å². The molecule has 1 N–H and O–H groups in total.